The summed E-state index contributed by atoms with van der Waals surface area (Å²) in [6, 6.07) is 4.94. The van der Waals surface area contributed by atoms with Crippen molar-refractivity contribution in [3.05, 3.63) is 29.3 Å². The van der Waals surface area contributed by atoms with Gasteiger partial charge in [-0.2, -0.15) is 11.8 Å². The van der Waals surface area contributed by atoms with E-state index in [2.05, 4.69) is 4.72 Å². The second-order valence-electron chi connectivity index (χ2n) is 5.19. The highest BCUT2D eigenvalue weighted by molar-refractivity contribution is 8.00. The van der Waals surface area contributed by atoms with Crippen molar-refractivity contribution in [3.8, 4) is 0 Å². The van der Waals surface area contributed by atoms with E-state index < -0.39 is 10.0 Å². The molecule has 0 bridgehead atoms. The number of rotatable bonds is 5. The van der Waals surface area contributed by atoms with Crippen LogP contribution >= 0.6 is 24.0 Å². The van der Waals surface area contributed by atoms with Crippen LogP contribution in [0.1, 0.15) is 30.4 Å². The van der Waals surface area contributed by atoms with E-state index >= 15 is 0 Å². The van der Waals surface area contributed by atoms with Gasteiger partial charge in [0.15, 0.2) is 0 Å². The molecule has 0 aromatic heterocycles. The number of nitrogens with two attached hydrogens (primary N) is 1. The fraction of sp³-hybridized carbons (Fsp3) is 0.500. The second kappa shape index (κ2) is 7.09. The fourth-order valence-corrected chi connectivity index (χ4v) is 5.13. The Morgan fingerprint density at radius 1 is 1.48 bits per heavy atom. The first kappa shape index (κ1) is 16.7. The molecule has 4 nitrogen and oxygen atoms in total. The lowest BCUT2D eigenvalue weighted by molar-refractivity contribution is 0.573. The third-order valence-electron chi connectivity index (χ3n) is 3.52. The van der Waals surface area contributed by atoms with E-state index in [1.807, 2.05) is 11.8 Å². The van der Waals surface area contributed by atoms with Gasteiger partial charge in [-0.15, -0.1) is 0 Å². The molecule has 1 unspecified atom stereocenters. The number of sulfonamides is 1. The lowest BCUT2D eigenvalue weighted by Gasteiger charge is -2.21. The molecule has 1 heterocycles. The van der Waals surface area contributed by atoms with Crippen LogP contribution in [0.3, 0.4) is 0 Å². The van der Waals surface area contributed by atoms with Gasteiger partial charge in [0.2, 0.25) is 10.0 Å². The highest BCUT2D eigenvalue weighted by Gasteiger charge is 2.20. The maximum atomic E-state index is 12.4. The van der Waals surface area contributed by atoms with Crippen molar-refractivity contribution in [2.75, 3.05) is 12.3 Å². The topological polar surface area (TPSA) is 72.2 Å². The first-order valence-electron chi connectivity index (χ1n) is 6.92. The molecule has 0 aliphatic carbocycles. The van der Waals surface area contributed by atoms with E-state index in [4.69, 9.17) is 18.0 Å². The maximum absolute atomic E-state index is 12.4. The SMILES string of the molecule is Cc1cc(C(N)=S)ccc1S(=O)(=O)NCC1CCCCS1. The molecule has 7 heteroatoms. The van der Waals surface area contributed by atoms with Crippen LogP contribution in [0.5, 0.6) is 0 Å². The Morgan fingerprint density at radius 2 is 2.24 bits per heavy atom. The molecule has 21 heavy (non-hydrogen) atoms. The van der Waals surface area contributed by atoms with Crippen LogP contribution in [0.25, 0.3) is 0 Å². The van der Waals surface area contributed by atoms with Crippen LogP contribution in [-0.2, 0) is 10.0 Å². The van der Waals surface area contributed by atoms with Crippen molar-refractivity contribution in [1.29, 1.82) is 0 Å². The molecule has 3 N–H and O–H groups in total. The van der Waals surface area contributed by atoms with E-state index in [0.29, 0.717) is 27.8 Å². The van der Waals surface area contributed by atoms with Crippen LogP contribution < -0.4 is 10.5 Å². The molecule has 2 rings (SSSR count). The molecule has 1 atom stereocenters. The summed E-state index contributed by atoms with van der Waals surface area (Å²) in [6.45, 7) is 2.25. The average Bonchev–Trinajstić information content (AvgIpc) is 2.46. The Balaban J connectivity index is 2.10. The highest BCUT2D eigenvalue weighted by atomic mass is 32.2. The zero-order chi connectivity index (χ0) is 15.5. The van der Waals surface area contributed by atoms with Crippen molar-refractivity contribution in [1.82, 2.24) is 4.72 Å². The van der Waals surface area contributed by atoms with Gasteiger partial charge in [-0.05, 0) is 43.2 Å². The molecular formula is C14H20N2O2S3. The van der Waals surface area contributed by atoms with Crippen molar-refractivity contribution < 1.29 is 8.42 Å². The van der Waals surface area contributed by atoms with Crippen LogP contribution in [0.4, 0.5) is 0 Å². The molecule has 1 fully saturated rings. The molecule has 1 aliphatic heterocycles. The third kappa shape index (κ3) is 4.42. The Labute approximate surface area is 135 Å². The van der Waals surface area contributed by atoms with Crippen molar-refractivity contribution in [2.45, 2.75) is 36.3 Å². The van der Waals surface area contributed by atoms with Crippen LogP contribution in [0.15, 0.2) is 23.1 Å². The number of hydrogen-bond donors (Lipinski definition) is 2. The minimum Gasteiger partial charge on any atom is -0.389 e. The van der Waals surface area contributed by atoms with E-state index in [0.717, 1.165) is 12.2 Å². The van der Waals surface area contributed by atoms with Gasteiger partial charge in [0, 0.05) is 17.4 Å². The van der Waals surface area contributed by atoms with Crippen LogP contribution in [-0.4, -0.2) is 31.0 Å². The summed E-state index contributed by atoms with van der Waals surface area (Å²) in [4.78, 5) is 0.567. The molecule has 1 aromatic rings. The zero-order valence-electron chi connectivity index (χ0n) is 12.0. The molecule has 1 aromatic carbocycles. The summed E-state index contributed by atoms with van der Waals surface area (Å²) in [5, 5.41) is 0.379. The largest absolute Gasteiger partial charge is 0.389 e. The first-order valence-corrected chi connectivity index (χ1v) is 9.86. The number of hydrogen-bond acceptors (Lipinski definition) is 4. The summed E-state index contributed by atoms with van der Waals surface area (Å²) >= 11 is 6.75. The van der Waals surface area contributed by atoms with Gasteiger partial charge in [0.25, 0.3) is 0 Å². The summed E-state index contributed by atoms with van der Waals surface area (Å²) < 4.78 is 27.5. The predicted molar refractivity (Wildman–Crippen MR) is 92.4 cm³/mol. The summed E-state index contributed by atoms with van der Waals surface area (Å²) in [5.41, 5.74) is 6.90. The van der Waals surface area contributed by atoms with E-state index in [1.54, 1.807) is 25.1 Å². The Hall–Kier alpha value is -0.630. The Bertz CT molecular complexity index is 623. The quantitative estimate of drug-likeness (QED) is 0.801. The van der Waals surface area contributed by atoms with Crippen LogP contribution in [0.2, 0.25) is 0 Å². The van der Waals surface area contributed by atoms with Gasteiger partial charge < -0.3 is 5.73 Å². The fourth-order valence-electron chi connectivity index (χ4n) is 2.35. The molecule has 1 aliphatic rings. The van der Waals surface area contributed by atoms with Gasteiger partial charge in [-0.25, -0.2) is 13.1 Å². The van der Waals surface area contributed by atoms with Crippen LogP contribution in [0, 0.1) is 6.92 Å². The number of thiocarbonyl (C=S) groups is 1. The zero-order valence-corrected chi connectivity index (χ0v) is 14.4. The second-order valence-corrected chi connectivity index (χ2v) is 8.77. The smallest absolute Gasteiger partial charge is 0.240 e. The predicted octanol–water partition coefficient (Wildman–Crippen LogP) is 2.19. The van der Waals surface area contributed by atoms with Crippen molar-refractivity contribution >= 4 is 39.0 Å². The average molecular weight is 345 g/mol. The lowest BCUT2D eigenvalue weighted by Crippen LogP contribution is -2.32. The molecule has 0 saturated carbocycles. The van der Waals surface area contributed by atoms with E-state index in [-0.39, 0.29) is 4.99 Å². The monoisotopic (exact) mass is 344 g/mol. The van der Waals surface area contributed by atoms with Gasteiger partial charge >= 0.3 is 0 Å². The molecule has 0 amide bonds. The minimum atomic E-state index is -3.48. The maximum Gasteiger partial charge on any atom is 0.240 e. The highest BCUT2D eigenvalue weighted by Crippen LogP contribution is 2.25. The number of nitrogens with one attached hydrogen (secondary N) is 1. The molecule has 1 saturated heterocycles. The standard InChI is InChI=1S/C14H20N2O2S3/c1-10-8-11(14(15)19)5-6-13(10)21(17,18)16-9-12-4-2-3-7-20-12/h5-6,8,12,16H,2-4,7,9H2,1H3,(H2,15,19). The lowest BCUT2D eigenvalue weighted by atomic mass is 10.1. The van der Waals surface area contributed by atoms with Crippen molar-refractivity contribution in [2.24, 2.45) is 5.73 Å². The summed E-state index contributed by atoms with van der Waals surface area (Å²) in [6.07, 6.45) is 3.49. The van der Waals surface area contributed by atoms with E-state index in [9.17, 15) is 8.42 Å². The Morgan fingerprint density at radius 3 is 2.81 bits per heavy atom. The normalized spacial score (nSPS) is 19.4. The first-order chi connectivity index (χ1) is 9.90. The summed E-state index contributed by atoms with van der Waals surface area (Å²) in [7, 11) is -3.48. The Kier molecular flexibility index (Phi) is 5.65. The molecule has 0 radical (unpaired) electrons. The number of thioether (sulfide) groups is 1. The van der Waals surface area contributed by atoms with Crippen molar-refractivity contribution in [3.63, 3.8) is 0 Å². The van der Waals surface area contributed by atoms with E-state index in [1.165, 1.54) is 12.8 Å². The minimum absolute atomic E-state index is 0.272. The van der Waals surface area contributed by atoms with Gasteiger partial charge in [0.05, 0.1) is 4.90 Å². The van der Waals surface area contributed by atoms with Gasteiger partial charge in [0.1, 0.15) is 4.99 Å². The van der Waals surface area contributed by atoms with Gasteiger partial charge in [-0.3, -0.25) is 0 Å². The number of aryl methyl sites for hydroxylation is 1. The third-order valence-corrected chi connectivity index (χ3v) is 6.74. The number of benzene rings is 1. The summed E-state index contributed by atoms with van der Waals surface area (Å²) in [5.74, 6) is 1.12. The van der Waals surface area contributed by atoms with Gasteiger partial charge in [-0.1, -0.05) is 24.7 Å². The molecule has 116 valence electrons. The molecular weight excluding hydrogens is 324 g/mol. The molecule has 0 spiro atoms.